The van der Waals surface area contributed by atoms with E-state index in [4.69, 9.17) is 4.74 Å². The van der Waals surface area contributed by atoms with Crippen molar-refractivity contribution < 1.29 is 9.53 Å². The highest BCUT2D eigenvalue weighted by atomic mass is 16.5. The summed E-state index contributed by atoms with van der Waals surface area (Å²) < 4.78 is 5.23. The van der Waals surface area contributed by atoms with Crippen molar-refractivity contribution >= 4 is 11.6 Å². The maximum Gasteiger partial charge on any atom is 0.269 e. The van der Waals surface area contributed by atoms with Crippen LogP contribution in [0.2, 0.25) is 0 Å². The third kappa shape index (κ3) is 5.20. The number of hydrogen-bond donors (Lipinski definition) is 1. The van der Waals surface area contributed by atoms with E-state index in [9.17, 15) is 4.79 Å². The predicted molar refractivity (Wildman–Crippen MR) is 108 cm³/mol. The van der Waals surface area contributed by atoms with Gasteiger partial charge in [0, 0.05) is 44.6 Å². The summed E-state index contributed by atoms with van der Waals surface area (Å²) in [4.78, 5) is 21.5. The Labute approximate surface area is 161 Å². The maximum atomic E-state index is 12.5. The molecule has 1 saturated heterocycles. The van der Waals surface area contributed by atoms with Crippen LogP contribution in [0.25, 0.3) is 0 Å². The van der Waals surface area contributed by atoms with Gasteiger partial charge in [-0.1, -0.05) is 19.1 Å². The smallest absolute Gasteiger partial charge is 0.269 e. The number of nitrogens with zero attached hydrogens (tertiary/aromatic N) is 3. The number of methoxy groups -OCH3 is 1. The zero-order chi connectivity index (χ0) is 19.1. The topological polar surface area (TPSA) is 57.7 Å². The lowest BCUT2D eigenvalue weighted by Crippen LogP contribution is -2.46. The second-order valence-electron chi connectivity index (χ2n) is 6.68. The Bertz CT molecular complexity index is 757. The minimum atomic E-state index is -0.132. The number of pyridine rings is 1. The van der Waals surface area contributed by atoms with E-state index in [-0.39, 0.29) is 5.91 Å². The van der Waals surface area contributed by atoms with E-state index in [2.05, 4.69) is 27.0 Å². The molecular formula is C21H28N4O2. The molecule has 2 aromatic rings. The number of rotatable bonds is 7. The molecule has 0 saturated carbocycles. The van der Waals surface area contributed by atoms with Gasteiger partial charge in [0.15, 0.2) is 0 Å². The van der Waals surface area contributed by atoms with Gasteiger partial charge in [-0.25, -0.2) is 0 Å². The van der Waals surface area contributed by atoms with Crippen molar-refractivity contribution in [2.24, 2.45) is 0 Å². The van der Waals surface area contributed by atoms with Crippen LogP contribution in [-0.2, 0) is 6.42 Å². The molecule has 144 valence electrons. The molecule has 0 spiro atoms. The van der Waals surface area contributed by atoms with E-state index in [0.29, 0.717) is 12.2 Å². The van der Waals surface area contributed by atoms with E-state index in [1.807, 2.05) is 36.4 Å². The molecular weight excluding hydrogens is 340 g/mol. The van der Waals surface area contributed by atoms with Crippen LogP contribution in [0.4, 0.5) is 5.69 Å². The van der Waals surface area contributed by atoms with Crippen molar-refractivity contribution in [3.63, 3.8) is 0 Å². The molecule has 0 bridgehead atoms. The molecule has 27 heavy (non-hydrogen) atoms. The molecule has 6 nitrogen and oxygen atoms in total. The normalized spacial score (nSPS) is 14.8. The van der Waals surface area contributed by atoms with Crippen molar-refractivity contribution in [2.75, 3.05) is 51.3 Å². The summed E-state index contributed by atoms with van der Waals surface area (Å²) in [7, 11) is 1.65. The number of benzene rings is 1. The highest BCUT2D eigenvalue weighted by molar-refractivity contribution is 5.93. The zero-order valence-electron chi connectivity index (χ0n) is 16.1. The Balaban J connectivity index is 1.54. The van der Waals surface area contributed by atoms with Gasteiger partial charge >= 0.3 is 0 Å². The Hall–Kier alpha value is -2.60. The Morgan fingerprint density at radius 1 is 1.19 bits per heavy atom. The third-order valence-corrected chi connectivity index (χ3v) is 4.99. The first-order valence-corrected chi connectivity index (χ1v) is 9.54. The average molecular weight is 368 g/mol. The summed E-state index contributed by atoms with van der Waals surface area (Å²) in [6.07, 6.45) is 2.47. The molecule has 1 aliphatic rings. The first-order valence-electron chi connectivity index (χ1n) is 9.54. The van der Waals surface area contributed by atoms with Crippen LogP contribution in [-0.4, -0.2) is 62.2 Å². The summed E-state index contributed by atoms with van der Waals surface area (Å²) in [5, 5.41) is 2.96. The molecule has 2 heterocycles. The summed E-state index contributed by atoms with van der Waals surface area (Å²) in [5.74, 6) is 0.698. The van der Waals surface area contributed by atoms with E-state index < -0.39 is 0 Å². The van der Waals surface area contributed by atoms with Crippen LogP contribution in [0.1, 0.15) is 23.0 Å². The van der Waals surface area contributed by atoms with Gasteiger partial charge in [-0.3, -0.25) is 9.78 Å². The minimum Gasteiger partial charge on any atom is -0.497 e. The molecule has 1 fully saturated rings. The molecule has 3 rings (SSSR count). The fourth-order valence-corrected chi connectivity index (χ4v) is 3.30. The highest BCUT2D eigenvalue weighted by Gasteiger charge is 2.17. The highest BCUT2D eigenvalue weighted by Crippen LogP contribution is 2.17. The number of hydrogen-bond acceptors (Lipinski definition) is 5. The van der Waals surface area contributed by atoms with E-state index in [1.54, 1.807) is 13.3 Å². The maximum absolute atomic E-state index is 12.5. The van der Waals surface area contributed by atoms with Gasteiger partial charge in [-0.05, 0) is 42.8 Å². The van der Waals surface area contributed by atoms with E-state index >= 15 is 0 Å². The molecule has 6 heteroatoms. The SMILES string of the molecule is CCN1CCN(c2ccnc(C(=O)NCCc3cccc(OC)c3)c2)CC1. The number of likely N-dealkylation sites (N-methyl/N-ethyl adjacent to an activating group) is 1. The summed E-state index contributed by atoms with van der Waals surface area (Å²) in [6.45, 7) is 7.92. The lowest BCUT2D eigenvalue weighted by atomic mass is 10.1. The number of aromatic nitrogens is 1. The van der Waals surface area contributed by atoms with Crippen molar-refractivity contribution in [3.05, 3.63) is 53.9 Å². The first-order chi connectivity index (χ1) is 13.2. The van der Waals surface area contributed by atoms with Gasteiger partial charge in [0.05, 0.1) is 7.11 Å². The number of anilines is 1. The number of nitrogens with one attached hydrogen (secondary N) is 1. The summed E-state index contributed by atoms with van der Waals surface area (Å²) >= 11 is 0. The van der Waals surface area contributed by atoms with Gasteiger partial charge in [-0.15, -0.1) is 0 Å². The van der Waals surface area contributed by atoms with Crippen molar-refractivity contribution in [2.45, 2.75) is 13.3 Å². The Kier molecular flexibility index (Phi) is 6.65. The molecule has 1 aliphatic heterocycles. The third-order valence-electron chi connectivity index (χ3n) is 4.99. The second kappa shape index (κ2) is 9.37. The molecule has 1 aromatic carbocycles. The quantitative estimate of drug-likeness (QED) is 0.812. The molecule has 0 atom stereocenters. The number of piperazine rings is 1. The fraction of sp³-hybridized carbons (Fsp3) is 0.429. The van der Waals surface area contributed by atoms with Gasteiger partial charge in [0.25, 0.3) is 5.91 Å². The van der Waals surface area contributed by atoms with Crippen LogP contribution in [0.3, 0.4) is 0 Å². The van der Waals surface area contributed by atoms with E-state index in [0.717, 1.165) is 56.1 Å². The fourth-order valence-electron chi connectivity index (χ4n) is 3.30. The standard InChI is InChI=1S/C21H28N4O2/c1-3-24-11-13-25(14-12-24)18-8-10-22-20(16-18)21(26)23-9-7-17-5-4-6-19(15-17)27-2/h4-6,8,10,15-16H,3,7,9,11-14H2,1-2H3,(H,23,26). The summed E-state index contributed by atoms with van der Waals surface area (Å²) in [5.41, 5.74) is 2.67. The van der Waals surface area contributed by atoms with Crippen molar-refractivity contribution in [1.82, 2.24) is 15.2 Å². The molecule has 0 radical (unpaired) electrons. The second-order valence-corrected chi connectivity index (χ2v) is 6.68. The lowest BCUT2D eigenvalue weighted by Gasteiger charge is -2.35. The monoisotopic (exact) mass is 368 g/mol. The molecule has 1 amide bonds. The Morgan fingerprint density at radius 3 is 2.74 bits per heavy atom. The lowest BCUT2D eigenvalue weighted by molar-refractivity contribution is 0.0949. The predicted octanol–water partition coefficient (Wildman–Crippen LogP) is 2.20. The zero-order valence-corrected chi connectivity index (χ0v) is 16.1. The van der Waals surface area contributed by atoms with Crippen molar-refractivity contribution in [3.8, 4) is 5.75 Å². The first kappa shape index (κ1) is 19.2. The van der Waals surface area contributed by atoms with Gasteiger partial charge < -0.3 is 19.9 Å². The van der Waals surface area contributed by atoms with Crippen LogP contribution in [0.15, 0.2) is 42.6 Å². The Morgan fingerprint density at radius 2 is 2.00 bits per heavy atom. The molecule has 1 aromatic heterocycles. The number of ether oxygens (including phenoxy) is 1. The number of carbonyl (C=O) groups is 1. The van der Waals surface area contributed by atoms with Gasteiger partial charge in [0.1, 0.15) is 11.4 Å². The largest absolute Gasteiger partial charge is 0.497 e. The van der Waals surface area contributed by atoms with Crippen LogP contribution in [0, 0.1) is 0 Å². The summed E-state index contributed by atoms with van der Waals surface area (Å²) in [6, 6.07) is 11.8. The van der Waals surface area contributed by atoms with Gasteiger partial charge in [0.2, 0.25) is 0 Å². The molecule has 1 N–H and O–H groups in total. The van der Waals surface area contributed by atoms with Crippen LogP contribution < -0.4 is 15.0 Å². The van der Waals surface area contributed by atoms with Crippen molar-refractivity contribution in [1.29, 1.82) is 0 Å². The van der Waals surface area contributed by atoms with Crippen LogP contribution >= 0.6 is 0 Å². The number of carbonyl (C=O) groups excluding carboxylic acids is 1. The molecule has 0 aliphatic carbocycles. The number of amides is 1. The molecule has 0 unspecified atom stereocenters. The van der Waals surface area contributed by atoms with Crippen LogP contribution in [0.5, 0.6) is 5.75 Å². The van der Waals surface area contributed by atoms with E-state index in [1.165, 1.54) is 0 Å². The average Bonchev–Trinajstić information content (AvgIpc) is 2.74. The van der Waals surface area contributed by atoms with Gasteiger partial charge in [-0.2, -0.15) is 0 Å². The minimum absolute atomic E-state index is 0.132.